The van der Waals surface area contributed by atoms with Crippen molar-refractivity contribution in [3.8, 4) is 6.01 Å². The number of ether oxygens (including phenoxy) is 1. The van der Waals surface area contributed by atoms with E-state index in [9.17, 15) is 4.79 Å². The van der Waals surface area contributed by atoms with Gasteiger partial charge >= 0.3 is 6.01 Å². The summed E-state index contributed by atoms with van der Waals surface area (Å²) < 4.78 is 5.49. The number of amides is 1. The van der Waals surface area contributed by atoms with E-state index in [-0.39, 0.29) is 24.6 Å². The molecule has 20 heavy (non-hydrogen) atoms. The molecule has 1 rings (SSSR count). The Balaban J connectivity index is 3.03. The van der Waals surface area contributed by atoms with E-state index in [0.717, 1.165) is 0 Å². The molecule has 1 aromatic heterocycles. The van der Waals surface area contributed by atoms with Crippen LogP contribution in [-0.2, 0) is 4.79 Å². The summed E-state index contributed by atoms with van der Waals surface area (Å²) in [5, 5.41) is 5.43. The molecule has 8 nitrogen and oxygen atoms in total. The van der Waals surface area contributed by atoms with Crippen molar-refractivity contribution in [2.45, 2.75) is 26.9 Å². The topological polar surface area (TPSA) is 92.3 Å². The second-order valence-electron chi connectivity index (χ2n) is 4.35. The van der Waals surface area contributed by atoms with Crippen LogP contribution in [0.3, 0.4) is 0 Å². The first kappa shape index (κ1) is 15.9. The zero-order valence-electron chi connectivity index (χ0n) is 12.6. The standard InChI is InChI=1S/C12H22N6O2/c1-6-18(7-9(19)13-4)11-15-10(14-5)16-12(17-11)20-8(2)3/h8H,6-7H2,1-5H3,(H,13,19)(H,14,15,16,17). The summed E-state index contributed by atoms with van der Waals surface area (Å²) in [6.07, 6.45) is -0.0380. The molecule has 0 aliphatic carbocycles. The number of carbonyl (C=O) groups excluding carboxylic acids is 1. The molecule has 0 unspecified atom stereocenters. The normalized spacial score (nSPS) is 10.3. The van der Waals surface area contributed by atoms with E-state index in [4.69, 9.17) is 4.74 Å². The van der Waals surface area contributed by atoms with Gasteiger partial charge in [-0.05, 0) is 20.8 Å². The van der Waals surface area contributed by atoms with E-state index >= 15 is 0 Å². The van der Waals surface area contributed by atoms with Gasteiger partial charge in [-0.25, -0.2) is 0 Å². The third-order valence-corrected chi connectivity index (χ3v) is 2.45. The highest BCUT2D eigenvalue weighted by Gasteiger charge is 2.15. The number of anilines is 2. The highest BCUT2D eigenvalue weighted by Crippen LogP contribution is 2.15. The van der Waals surface area contributed by atoms with Gasteiger partial charge in [0.1, 0.15) is 0 Å². The maximum atomic E-state index is 11.5. The van der Waals surface area contributed by atoms with Crippen molar-refractivity contribution in [2.24, 2.45) is 0 Å². The third-order valence-electron chi connectivity index (χ3n) is 2.45. The highest BCUT2D eigenvalue weighted by molar-refractivity contribution is 5.80. The van der Waals surface area contributed by atoms with Crippen LogP contribution in [0, 0.1) is 0 Å². The molecule has 1 amide bonds. The molecule has 0 spiro atoms. The summed E-state index contributed by atoms with van der Waals surface area (Å²) in [5.41, 5.74) is 0. The van der Waals surface area contributed by atoms with Gasteiger partial charge in [0.15, 0.2) is 0 Å². The number of likely N-dealkylation sites (N-methyl/N-ethyl adjacent to an activating group) is 2. The molecule has 0 saturated carbocycles. The van der Waals surface area contributed by atoms with Crippen LogP contribution in [0.1, 0.15) is 20.8 Å². The molecule has 1 heterocycles. The number of carbonyl (C=O) groups is 1. The SMILES string of the molecule is CCN(CC(=O)NC)c1nc(NC)nc(OC(C)C)n1. The van der Waals surface area contributed by atoms with Crippen LogP contribution in [0.15, 0.2) is 0 Å². The lowest BCUT2D eigenvalue weighted by Gasteiger charge is -2.20. The molecule has 2 N–H and O–H groups in total. The Morgan fingerprint density at radius 2 is 2.00 bits per heavy atom. The minimum absolute atomic E-state index is 0.0380. The van der Waals surface area contributed by atoms with Crippen LogP contribution < -0.4 is 20.3 Å². The second-order valence-corrected chi connectivity index (χ2v) is 4.35. The van der Waals surface area contributed by atoms with Crippen molar-refractivity contribution in [3.63, 3.8) is 0 Å². The van der Waals surface area contributed by atoms with Crippen LogP contribution >= 0.6 is 0 Å². The Morgan fingerprint density at radius 3 is 2.50 bits per heavy atom. The van der Waals surface area contributed by atoms with E-state index < -0.39 is 0 Å². The van der Waals surface area contributed by atoms with Crippen molar-refractivity contribution in [2.75, 3.05) is 37.4 Å². The maximum absolute atomic E-state index is 11.5. The first-order valence-corrected chi connectivity index (χ1v) is 6.56. The molecule has 8 heteroatoms. The van der Waals surface area contributed by atoms with Crippen molar-refractivity contribution in [3.05, 3.63) is 0 Å². The van der Waals surface area contributed by atoms with Gasteiger partial charge in [-0.1, -0.05) is 0 Å². The molecule has 0 fully saturated rings. The molecular formula is C12H22N6O2. The lowest BCUT2D eigenvalue weighted by Crippen LogP contribution is -2.36. The Labute approximate surface area is 119 Å². The molecule has 0 aliphatic rings. The van der Waals surface area contributed by atoms with Crippen LogP contribution in [0.5, 0.6) is 6.01 Å². The zero-order valence-corrected chi connectivity index (χ0v) is 12.6. The number of hydrogen-bond acceptors (Lipinski definition) is 7. The van der Waals surface area contributed by atoms with Gasteiger partial charge in [0.25, 0.3) is 0 Å². The number of hydrogen-bond donors (Lipinski definition) is 2. The zero-order chi connectivity index (χ0) is 15.1. The summed E-state index contributed by atoms with van der Waals surface area (Å²) in [6.45, 7) is 6.49. The maximum Gasteiger partial charge on any atom is 0.323 e. The number of rotatable bonds is 7. The van der Waals surface area contributed by atoms with Crippen LogP contribution in [0.25, 0.3) is 0 Å². The number of aromatic nitrogens is 3. The van der Waals surface area contributed by atoms with Gasteiger partial charge in [0.05, 0.1) is 12.6 Å². The number of nitrogens with one attached hydrogen (secondary N) is 2. The van der Waals surface area contributed by atoms with Crippen molar-refractivity contribution in [1.82, 2.24) is 20.3 Å². The van der Waals surface area contributed by atoms with Gasteiger partial charge < -0.3 is 20.3 Å². The molecular weight excluding hydrogens is 260 g/mol. The third kappa shape index (κ3) is 4.52. The molecule has 0 aliphatic heterocycles. The summed E-state index contributed by atoms with van der Waals surface area (Å²) in [7, 11) is 3.31. The molecule has 0 saturated heterocycles. The van der Waals surface area contributed by atoms with Gasteiger partial charge in [-0.2, -0.15) is 15.0 Å². The molecule has 112 valence electrons. The average Bonchev–Trinajstić information content (AvgIpc) is 2.43. The van der Waals surface area contributed by atoms with Crippen LogP contribution in [0.4, 0.5) is 11.9 Å². The van der Waals surface area contributed by atoms with Crippen molar-refractivity contribution in [1.29, 1.82) is 0 Å². The first-order valence-electron chi connectivity index (χ1n) is 6.56. The summed E-state index contributed by atoms with van der Waals surface area (Å²) in [5.74, 6) is 0.705. The smallest absolute Gasteiger partial charge is 0.323 e. The van der Waals surface area contributed by atoms with E-state index in [1.54, 1.807) is 19.0 Å². The van der Waals surface area contributed by atoms with Crippen LogP contribution in [-0.4, -0.2) is 54.1 Å². The molecule has 1 aromatic rings. The lowest BCUT2D eigenvalue weighted by atomic mass is 10.5. The quantitative estimate of drug-likeness (QED) is 0.741. The minimum Gasteiger partial charge on any atom is -0.461 e. The van der Waals surface area contributed by atoms with Gasteiger partial charge in [-0.15, -0.1) is 0 Å². The minimum atomic E-state index is -0.107. The van der Waals surface area contributed by atoms with Crippen molar-refractivity contribution < 1.29 is 9.53 Å². The number of nitrogens with zero attached hydrogens (tertiary/aromatic N) is 4. The molecule has 0 bridgehead atoms. The monoisotopic (exact) mass is 282 g/mol. The first-order chi connectivity index (χ1) is 9.49. The molecule has 0 radical (unpaired) electrons. The van der Waals surface area contributed by atoms with E-state index in [1.165, 1.54) is 0 Å². The Kier molecular flexibility index (Phi) is 5.95. The van der Waals surface area contributed by atoms with Crippen LogP contribution in [0.2, 0.25) is 0 Å². The van der Waals surface area contributed by atoms with Gasteiger partial charge in [-0.3, -0.25) is 4.79 Å². The summed E-state index contributed by atoms with van der Waals surface area (Å²) >= 11 is 0. The highest BCUT2D eigenvalue weighted by atomic mass is 16.5. The van der Waals surface area contributed by atoms with Crippen molar-refractivity contribution >= 4 is 17.8 Å². The predicted octanol–water partition coefficient (Wildman–Crippen LogP) is 0.273. The fourth-order valence-electron chi connectivity index (χ4n) is 1.44. The summed E-state index contributed by atoms with van der Waals surface area (Å²) in [6, 6.07) is 0.240. The second kappa shape index (κ2) is 7.46. The fourth-order valence-corrected chi connectivity index (χ4v) is 1.44. The largest absolute Gasteiger partial charge is 0.461 e. The van der Waals surface area contributed by atoms with E-state index in [1.807, 2.05) is 20.8 Å². The fraction of sp³-hybridized carbons (Fsp3) is 0.667. The average molecular weight is 282 g/mol. The van der Waals surface area contributed by atoms with Gasteiger partial charge in [0.2, 0.25) is 17.8 Å². The Bertz CT molecular complexity index is 452. The predicted molar refractivity (Wildman–Crippen MR) is 77.1 cm³/mol. The Hall–Kier alpha value is -2.12. The van der Waals surface area contributed by atoms with E-state index in [2.05, 4.69) is 25.6 Å². The molecule has 0 aromatic carbocycles. The summed E-state index contributed by atoms with van der Waals surface area (Å²) in [4.78, 5) is 25.9. The van der Waals surface area contributed by atoms with E-state index in [0.29, 0.717) is 18.4 Å². The molecule has 0 atom stereocenters. The Morgan fingerprint density at radius 1 is 1.30 bits per heavy atom. The lowest BCUT2D eigenvalue weighted by molar-refractivity contribution is -0.119. The van der Waals surface area contributed by atoms with Gasteiger partial charge in [0, 0.05) is 20.6 Å².